The fourth-order valence-electron chi connectivity index (χ4n) is 4.28. The number of carbonyl (C=O) groups excluding carboxylic acids is 4. The van der Waals surface area contributed by atoms with Gasteiger partial charge in [0.2, 0.25) is 17.9 Å². The van der Waals surface area contributed by atoms with Crippen molar-refractivity contribution in [3.8, 4) is 11.5 Å². The van der Waals surface area contributed by atoms with Gasteiger partial charge in [0.1, 0.15) is 12.6 Å². The Bertz CT molecular complexity index is 1140. The fourth-order valence-corrected chi connectivity index (χ4v) is 4.28. The zero-order valence-electron chi connectivity index (χ0n) is 18.4. The molecule has 2 aromatic carbocycles. The molecular formula is C24H24N4O6. The number of para-hydroxylation sites is 3. The number of rotatable bonds is 3. The van der Waals surface area contributed by atoms with Gasteiger partial charge in [-0.05, 0) is 24.3 Å². The van der Waals surface area contributed by atoms with E-state index < -0.39 is 24.0 Å². The van der Waals surface area contributed by atoms with Crippen LogP contribution in [0.15, 0.2) is 48.5 Å². The normalized spacial score (nSPS) is 21.6. The van der Waals surface area contributed by atoms with E-state index in [2.05, 4.69) is 10.6 Å². The first-order valence-electron chi connectivity index (χ1n) is 11.2. The third kappa shape index (κ3) is 4.26. The lowest BCUT2D eigenvalue weighted by atomic mass is 10.1. The summed E-state index contributed by atoms with van der Waals surface area (Å²) in [5, 5.41) is 5.34. The second-order valence-corrected chi connectivity index (χ2v) is 8.34. The standard InChI is InChI=1S/C24H24N4O6/c29-21(13-17-23(31)25-16-6-2-1-5-15(16)22(30)26-17)27-9-11-28(12-10-27)24(32)20-14-33-18-7-3-4-8-19(18)34-20/h1-8,17,20H,9-14H2,(H,25,31)(H,26,30)/t17-,20+/m0/s1. The van der Waals surface area contributed by atoms with Crippen LogP contribution in [0.5, 0.6) is 11.5 Å². The summed E-state index contributed by atoms with van der Waals surface area (Å²) in [5.41, 5.74) is 0.776. The van der Waals surface area contributed by atoms with Gasteiger partial charge < -0.3 is 29.9 Å². The maximum Gasteiger partial charge on any atom is 0.267 e. The minimum absolute atomic E-state index is 0.133. The summed E-state index contributed by atoms with van der Waals surface area (Å²) in [7, 11) is 0. The van der Waals surface area contributed by atoms with Crippen molar-refractivity contribution in [1.29, 1.82) is 0 Å². The number of hydrogen-bond donors (Lipinski definition) is 2. The van der Waals surface area contributed by atoms with Crippen molar-refractivity contribution < 1.29 is 28.7 Å². The Balaban J connectivity index is 1.15. The number of anilines is 1. The van der Waals surface area contributed by atoms with E-state index >= 15 is 0 Å². The number of amides is 4. The Labute approximate surface area is 195 Å². The van der Waals surface area contributed by atoms with E-state index in [4.69, 9.17) is 9.47 Å². The molecule has 0 aromatic heterocycles. The van der Waals surface area contributed by atoms with Crippen LogP contribution < -0.4 is 20.1 Å². The smallest absolute Gasteiger partial charge is 0.267 e. The molecule has 3 aliphatic rings. The van der Waals surface area contributed by atoms with E-state index in [0.29, 0.717) is 48.9 Å². The van der Waals surface area contributed by atoms with Crippen molar-refractivity contribution in [2.24, 2.45) is 0 Å². The summed E-state index contributed by atoms with van der Waals surface area (Å²) in [4.78, 5) is 54.1. The highest BCUT2D eigenvalue weighted by atomic mass is 16.6. The van der Waals surface area contributed by atoms with Crippen LogP contribution >= 0.6 is 0 Å². The van der Waals surface area contributed by atoms with Crippen molar-refractivity contribution in [2.75, 3.05) is 38.1 Å². The van der Waals surface area contributed by atoms with Crippen molar-refractivity contribution >= 4 is 29.3 Å². The Kier molecular flexibility index (Phi) is 5.79. The molecule has 176 valence electrons. The van der Waals surface area contributed by atoms with Crippen LogP contribution in [0, 0.1) is 0 Å². The second kappa shape index (κ2) is 9.05. The number of ether oxygens (including phenoxy) is 2. The SMILES string of the molecule is O=C1N[C@@H](CC(=O)N2CCN(C(=O)[C@H]3COc4ccccc4O3)CC2)C(=O)Nc2ccccc21. The minimum atomic E-state index is -0.972. The molecule has 0 spiro atoms. The lowest BCUT2D eigenvalue weighted by molar-refractivity contribution is -0.146. The Morgan fingerprint density at radius 1 is 0.912 bits per heavy atom. The first-order valence-corrected chi connectivity index (χ1v) is 11.2. The third-order valence-corrected chi connectivity index (χ3v) is 6.16. The van der Waals surface area contributed by atoms with E-state index in [1.165, 1.54) is 0 Å². The maximum absolute atomic E-state index is 12.9. The number of benzene rings is 2. The molecule has 5 rings (SSSR count). The Hall–Kier alpha value is -4.08. The van der Waals surface area contributed by atoms with E-state index in [-0.39, 0.29) is 24.8 Å². The zero-order chi connectivity index (χ0) is 23.7. The van der Waals surface area contributed by atoms with Crippen LogP contribution in [0.3, 0.4) is 0 Å². The minimum Gasteiger partial charge on any atom is -0.485 e. The summed E-state index contributed by atoms with van der Waals surface area (Å²) >= 11 is 0. The first-order chi connectivity index (χ1) is 16.5. The highest BCUT2D eigenvalue weighted by Crippen LogP contribution is 2.31. The van der Waals surface area contributed by atoms with Gasteiger partial charge in [0, 0.05) is 26.2 Å². The van der Waals surface area contributed by atoms with Crippen LogP contribution in [0.4, 0.5) is 5.69 Å². The van der Waals surface area contributed by atoms with Gasteiger partial charge in [0.15, 0.2) is 11.5 Å². The number of piperazine rings is 1. The number of nitrogens with zero attached hydrogens (tertiary/aromatic N) is 2. The summed E-state index contributed by atoms with van der Waals surface area (Å²) in [6.45, 7) is 1.49. The van der Waals surface area contributed by atoms with E-state index in [0.717, 1.165) is 0 Å². The molecule has 0 saturated carbocycles. The van der Waals surface area contributed by atoms with Gasteiger partial charge in [0.25, 0.3) is 11.8 Å². The summed E-state index contributed by atoms with van der Waals surface area (Å²) < 4.78 is 11.4. The molecule has 4 amide bonds. The molecule has 10 heteroatoms. The van der Waals surface area contributed by atoms with Crippen LogP contribution in [-0.4, -0.2) is 78.4 Å². The number of fused-ring (bicyclic) bond motifs is 2. The molecule has 1 saturated heterocycles. The van der Waals surface area contributed by atoms with Crippen LogP contribution in [0.2, 0.25) is 0 Å². The summed E-state index contributed by atoms with van der Waals surface area (Å²) in [5.74, 6) is -0.139. The van der Waals surface area contributed by atoms with E-state index in [9.17, 15) is 19.2 Å². The average Bonchev–Trinajstić information content (AvgIpc) is 2.99. The largest absolute Gasteiger partial charge is 0.485 e. The molecule has 10 nitrogen and oxygen atoms in total. The van der Waals surface area contributed by atoms with Crippen LogP contribution in [0.25, 0.3) is 0 Å². The lowest BCUT2D eigenvalue weighted by Crippen LogP contribution is -2.56. The zero-order valence-corrected chi connectivity index (χ0v) is 18.4. The van der Waals surface area contributed by atoms with Gasteiger partial charge in [-0.15, -0.1) is 0 Å². The highest BCUT2D eigenvalue weighted by molar-refractivity contribution is 6.10. The molecule has 1 fully saturated rings. The average molecular weight is 464 g/mol. The number of nitrogens with one attached hydrogen (secondary N) is 2. The molecule has 0 aliphatic carbocycles. The fraction of sp³-hybridized carbons (Fsp3) is 0.333. The highest BCUT2D eigenvalue weighted by Gasteiger charge is 2.35. The predicted molar refractivity (Wildman–Crippen MR) is 120 cm³/mol. The monoisotopic (exact) mass is 464 g/mol. The van der Waals surface area contributed by atoms with Crippen LogP contribution in [0.1, 0.15) is 16.8 Å². The van der Waals surface area contributed by atoms with Crippen molar-refractivity contribution in [1.82, 2.24) is 15.1 Å². The van der Waals surface area contributed by atoms with Crippen molar-refractivity contribution in [2.45, 2.75) is 18.6 Å². The molecule has 2 aromatic rings. The summed E-state index contributed by atoms with van der Waals surface area (Å²) in [6, 6.07) is 12.9. The molecule has 2 atom stereocenters. The van der Waals surface area contributed by atoms with Gasteiger partial charge >= 0.3 is 0 Å². The number of carbonyl (C=O) groups is 4. The molecule has 0 radical (unpaired) electrons. The van der Waals surface area contributed by atoms with Gasteiger partial charge in [0.05, 0.1) is 17.7 Å². The van der Waals surface area contributed by atoms with Crippen molar-refractivity contribution in [3.63, 3.8) is 0 Å². The van der Waals surface area contributed by atoms with Gasteiger partial charge in [-0.1, -0.05) is 24.3 Å². The van der Waals surface area contributed by atoms with Gasteiger partial charge in [-0.2, -0.15) is 0 Å². The quantitative estimate of drug-likeness (QED) is 0.689. The second-order valence-electron chi connectivity index (χ2n) is 8.34. The predicted octanol–water partition coefficient (Wildman–Crippen LogP) is 0.638. The van der Waals surface area contributed by atoms with Gasteiger partial charge in [-0.25, -0.2) is 0 Å². The molecular weight excluding hydrogens is 440 g/mol. The van der Waals surface area contributed by atoms with Gasteiger partial charge in [-0.3, -0.25) is 19.2 Å². The Morgan fingerprint density at radius 3 is 2.38 bits per heavy atom. The first kappa shape index (κ1) is 21.7. The number of hydrogen-bond acceptors (Lipinski definition) is 6. The Morgan fingerprint density at radius 2 is 1.59 bits per heavy atom. The maximum atomic E-state index is 12.9. The summed E-state index contributed by atoms with van der Waals surface area (Å²) in [6.07, 6.45) is -0.890. The van der Waals surface area contributed by atoms with Crippen molar-refractivity contribution in [3.05, 3.63) is 54.1 Å². The molecule has 3 aliphatic heterocycles. The third-order valence-electron chi connectivity index (χ3n) is 6.16. The van der Waals surface area contributed by atoms with E-state index in [1.807, 2.05) is 12.1 Å². The molecule has 34 heavy (non-hydrogen) atoms. The molecule has 0 unspecified atom stereocenters. The molecule has 0 bridgehead atoms. The lowest BCUT2D eigenvalue weighted by Gasteiger charge is -2.37. The molecule has 2 N–H and O–H groups in total. The molecule has 3 heterocycles. The topological polar surface area (TPSA) is 117 Å². The van der Waals surface area contributed by atoms with Crippen LogP contribution in [-0.2, 0) is 14.4 Å². The van der Waals surface area contributed by atoms with E-state index in [1.54, 1.807) is 46.2 Å².